The van der Waals surface area contributed by atoms with Gasteiger partial charge >= 0.3 is 5.97 Å². The van der Waals surface area contributed by atoms with Crippen molar-refractivity contribution in [2.45, 2.75) is 5.25 Å². The fraction of sp³-hybridized carbons (Fsp3) is 0.778. The molecule has 0 aromatic heterocycles. The first-order valence-electron chi connectivity index (χ1n) is 4.77. The summed E-state index contributed by atoms with van der Waals surface area (Å²) in [6, 6.07) is 0. The van der Waals surface area contributed by atoms with Gasteiger partial charge in [-0.1, -0.05) is 0 Å². The summed E-state index contributed by atoms with van der Waals surface area (Å²) in [6.45, 7) is -2.05. The molecule has 0 heterocycles. The molecule has 0 aromatic rings. The van der Waals surface area contributed by atoms with Crippen LogP contribution in [0.15, 0.2) is 0 Å². The van der Waals surface area contributed by atoms with Crippen molar-refractivity contribution in [3.05, 3.63) is 0 Å². The van der Waals surface area contributed by atoms with E-state index < -0.39 is 48.8 Å². The molecule has 0 aromatic carbocycles. The molecule has 0 rings (SSSR count). The molecule has 1 atom stereocenters. The number of thiol groups is 2. The van der Waals surface area contributed by atoms with Gasteiger partial charge < -0.3 is 20.1 Å². The minimum Gasteiger partial charge on any atom is -0.464 e. The molecule has 0 radical (unpaired) electrons. The molecule has 0 spiro atoms. The summed E-state index contributed by atoms with van der Waals surface area (Å²) in [6.07, 6.45) is 0. The van der Waals surface area contributed by atoms with E-state index in [2.05, 4.69) is 25.3 Å². The molecule has 3 N–H and O–H groups in total. The van der Waals surface area contributed by atoms with Gasteiger partial charge in [-0.3, -0.25) is 9.59 Å². The highest BCUT2D eigenvalue weighted by atomic mass is 32.1. The van der Waals surface area contributed by atoms with Gasteiger partial charge in [0.15, 0.2) is 11.0 Å². The van der Waals surface area contributed by atoms with Crippen LogP contribution < -0.4 is 0 Å². The van der Waals surface area contributed by atoms with Gasteiger partial charge in [0.2, 0.25) is 0 Å². The van der Waals surface area contributed by atoms with Crippen LogP contribution in [0.3, 0.4) is 0 Å². The minimum absolute atomic E-state index is 0.144. The van der Waals surface area contributed by atoms with Crippen molar-refractivity contribution in [3.8, 4) is 0 Å². The van der Waals surface area contributed by atoms with Crippen LogP contribution in [-0.2, 0) is 14.3 Å². The van der Waals surface area contributed by atoms with E-state index in [0.29, 0.717) is 0 Å². The van der Waals surface area contributed by atoms with Gasteiger partial charge in [-0.2, -0.15) is 25.3 Å². The Morgan fingerprint density at radius 3 is 2.00 bits per heavy atom. The highest BCUT2D eigenvalue weighted by molar-refractivity contribution is 7.83. The monoisotopic (exact) mass is 284 g/mol. The Hall–Kier alpha value is -0.280. The van der Waals surface area contributed by atoms with E-state index in [4.69, 9.17) is 20.1 Å². The molecule has 0 aliphatic carbocycles. The zero-order chi connectivity index (χ0) is 13.5. The topological polar surface area (TPSA) is 104 Å². The first kappa shape index (κ1) is 16.7. The van der Waals surface area contributed by atoms with Crippen LogP contribution in [0.1, 0.15) is 0 Å². The van der Waals surface area contributed by atoms with Gasteiger partial charge in [-0.25, -0.2) is 0 Å². The highest BCUT2D eigenvalue weighted by Crippen LogP contribution is 2.16. The quantitative estimate of drug-likeness (QED) is 0.207. The van der Waals surface area contributed by atoms with Crippen molar-refractivity contribution in [3.63, 3.8) is 0 Å². The minimum atomic E-state index is -1.31. The first-order chi connectivity index (χ1) is 7.96. The number of carbonyl (C=O) groups excluding carboxylic acids is 2. The lowest BCUT2D eigenvalue weighted by molar-refractivity contribution is -0.151. The molecule has 8 heteroatoms. The number of hydrogen-bond acceptors (Lipinski definition) is 8. The second-order valence-corrected chi connectivity index (χ2v) is 4.44. The summed E-state index contributed by atoms with van der Waals surface area (Å²) in [4.78, 5) is 22.4. The number of aliphatic hydroxyl groups is 3. The summed E-state index contributed by atoms with van der Waals surface area (Å²) < 4.78 is 4.71. The van der Waals surface area contributed by atoms with E-state index in [0.717, 1.165) is 0 Å². The molecule has 17 heavy (non-hydrogen) atoms. The maximum atomic E-state index is 11.3. The normalized spacial score (nSPS) is 13.2. The van der Waals surface area contributed by atoms with Gasteiger partial charge in [-0.15, -0.1) is 0 Å². The Labute approximate surface area is 110 Å². The van der Waals surface area contributed by atoms with E-state index in [1.165, 1.54) is 0 Å². The van der Waals surface area contributed by atoms with Gasteiger partial charge in [0.25, 0.3) is 0 Å². The summed E-state index contributed by atoms with van der Waals surface area (Å²) in [5.74, 6) is -1.55. The molecule has 0 fully saturated rings. The van der Waals surface area contributed by atoms with Crippen LogP contribution in [0.5, 0.6) is 0 Å². The number of Topliss-reactive ketones (excluding diaryl/α,β-unsaturated/α-hetero) is 1. The number of ketones is 1. The molecule has 0 saturated heterocycles. The van der Waals surface area contributed by atoms with Gasteiger partial charge in [-0.05, 0) is 0 Å². The first-order valence-corrected chi connectivity index (χ1v) is 5.92. The molecule has 0 bridgehead atoms. The molecule has 0 saturated carbocycles. The molecule has 0 aliphatic rings. The summed E-state index contributed by atoms with van der Waals surface area (Å²) >= 11 is 7.46. The lowest BCUT2D eigenvalue weighted by Crippen LogP contribution is -2.41. The van der Waals surface area contributed by atoms with Crippen LogP contribution in [-0.4, -0.2) is 64.5 Å². The van der Waals surface area contributed by atoms with E-state index in [1.807, 2.05) is 0 Å². The van der Waals surface area contributed by atoms with Crippen LogP contribution in [0.4, 0.5) is 0 Å². The predicted octanol–water partition coefficient (Wildman–Crippen LogP) is -1.71. The van der Waals surface area contributed by atoms with E-state index in [-0.39, 0.29) is 5.75 Å². The van der Waals surface area contributed by atoms with Crippen LogP contribution >= 0.6 is 25.3 Å². The van der Waals surface area contributed by atoms with Crippen LogP contribution in [0.25, 0.3) is 0 Å². The Balaban J connectivity index is 4.36. The number of carbonyl (C=O) groups is 2. The van der Waals surface area contributed by atoms with Crippen molar-refractivity contribution in [2.24, 2.45) is 5.41 Å². The molecular formula is C9H16O6S2. The maximum absolute atomic E-state index is 11.3. The standard InChI is InChI=1S/C9H16O6S2/c10-2-9(3-11,4-12)5-15-8(14)7(17)6(13)1-16/h7,10-12,16-17H,1-5H2. The number of hydrogen-bond donors (Lipinski definition) is 5. The van der Waals surface area contributed by atoms with Gasteiger partial charge in [0.05, 0.1) is 31.0 Å². The number of esters is 1. The van der Waals surface area contributed by atoms with Crippen molar-refractivity contribution in [1.29, 1.82) is 0 Å². The zero-order valence-electron chi connectivity index (χ0n) is 9.07. The molecule has 100 valence electrons. The fourth-order valence-electron chi connectivity index (χ4n) is 0.808. The summed E-state index contributed by atoms with van der Waals surface area (Å²) in [5.41, 5.74) is -1.31. The van der Waals surface area contributed by atoms with E-state index in [1.54, 1.807) is 0 Å². The van der Waals surface area contributed by atoms with E-state index in [9.17, 15) is 9.59 Å². The largest absolute Gasteiger partial charge is 0.464 e. The number of aliphatic hydroxyl groups excluding tert-OH is 3. The van der Waals surface area contributed by atoms with Crippen molar-refractivity contribution >= 4 is 37.0 Å². The van der Waals surface area contributed by atoms with Crippen LogP contribution in [0.2, 0.25) is 0 Å². The third-order valence-corrected chi connectivity index (χ3v) is 3.02. The Kier molecular flexibility index (Phi) is 7.80. The Morgan fingerprint density at radius 2 is 1.65 bits per heavy atom. The maximum Gasteiger partial charge on any atom is 0.326 e. The zero-order valence-corrected chi connectivity index (χ0v) is 10.9. The molecule has 0 aliphatic heterocycles. The van der Waals surface area contributed by atoms with Crippen LogP contribution in [0, 0.1) is 5.41 Å². The molecule has 0 amide bonds. The van der Waals surface area contributed by atoms with Crippen molar-refractivity contribution in [2.75, 3.05) is 32.2 Å². The number of ether oxygens (including phenoxy) is 1. The average molecular weight is 284 g/mol. The Morgan fingerprint density at radius 1 is 1.18 bits per heavy atom. The molecular weight excluding hydrogens is 268 g/mol. The smallest absolute Gasteiger partial charge is 0.326 e. The molecule has 1 unspecified atom stereocenters. The SMILES string of the molecule is O=C(CS)C(S)C(=O)OCC(CO)(CO)CO. The van der Waals surface area contributed by atoms with Gasteiger partial charge in [0, 0.05) is 0 Å². The van der Waals surface area contributed by atoms with Crippen molar-refractivity contribution in [1.82, 2.24) is 0 Å². The third kappa shape index (κ3) is 4.84. The lowest BCUT2D eigenvalue weighted by atomic mass is 9.93. The third-order valence-electron chi connectivity index (χ3n) is 2.21. The summed E-state index contributed by atoms with van der Waals surface area (Å²) in [7, 11) is 0. The number of rotatable bonds is 8. The molecule has 6 nitrogen and oxygen atoms in total. The second-order valence-electron chi connectivity index (χ2n) is 3.61. The summed E-state index contributed by atoms with van der Waals surface area (Å²) in [5, 5.41) is 25.7. The fourth-order valence-corrected chi connectivity index (χ4v) is 1.30. The van der Waals surface area contributed by atoms with E-state index >= 15 is 0 Å². The second kappa shape index (κ2) is 7.93. The predicted molar refractivity (Wildman–Crippen MR) is 66.3 cm³/mol. The Bertz CT molecular complexity index is 258. The average Bonchev–Trinajstić information content (AvgIpc) is 2.38. The highest BCUT2D eigenvalue weighted by Gasteiger charge is 2.32. The van der Waals surface area contributed by atoms with Crippen molar-refractivity contribution < 1.29 is 29.6 Å². The van der Waals surface area contributed by atoms with Gasteiger partial charge in [0.1, 0.15) is 6.61 Å². The lowest BCUT2D eigenvalue weighted by Gasteiger charge is -2.26.